The molecule has 0 aromatic carbocycles. The number of anilines is 1. The first-order valence-electron chi connectivity index (χ1n) is 7.00. The number of thiophene rings is 1. The van der Waals surface area contributed by atoms with Gasteiger partial charge >= 0.3 is 0 Å². The van der Waals surface area contributed by atoms with Crippen LogP contribution in [0.4, 0.5) is 5.69 Å². The van der Waals surface area contributed by atoms with Crippen LogP contribution in [0.1, 0.15) is 29.9 Å². The van der Waals surface area contributed by atoms with Crippen molar-refractivity contribution in [1.29, 1.82) is 0 Å². The first kappa shape index (κ1) is 13.4. The fraction of sp³-hybridized carbons (Fsp3) is 0.467. The fourth-order valence-electron chi connectivity index (χ4n) is 2.70. The summed E-state index contributed by atoms with van der Waals surface area (Å²) in [6.07, 6.45) is 2.80. The normalized spacial score (nSPS) is 23.2. The lowest BCUT2D eigenvalue weighted by Gasteiger charge is -2.35. The minimum atomic E-state index is 0.0595. The van der Waals surface area contributed by atoms with E-state index in [1.807, 2.05) is 17.0 Å². The molecule has 3 rings (SSSR count). The Morgan fingerprint density at radius 2 is 2.25 bits per heavy atom. The molecule has 1 saturated heterocycles. The minimum Gasteiger partial charge on any atom is -0.397 e. The van der Waals surface area contributed by atoms with Gasteiger partial charge in [-0.15, -0.1) is 11.3 Å². The zero-order valence-electron chi connectivity index (χ0n) is 11.8. The van der Waals surface area contributed by atoms with E-state index >= 15 is 0 Å². The number of rotatable bonds is 1. The Labute approximate surface area is 122 Å². The molecule has 2 unspecified atom stereocenters. The summed E-state index contributed by atoms with van der Waals surface area (Å²) in [7, 11) is 0. The van der Waals surface area contributed by atoms with Gasteiger partial charge in [-0.2, -0.15) is 0 Å². The summed E-state index contributed by atoms with van der Waals surface area (Å²) in [4.78, 5) is 20.4. The Balaban J connectivity index is 1.91. The van der Waals surface area contributed by atoms with Gasteiger partial charge in [0.15, 0.2) is 0 Å². The number of pyridine rings is 1. The molecule has 106 valence electrons. The van der Waals surface area contributed by atoms with Gasteiger partial charge < -0.3 is 10.6 Å². The van der Waals surface area contributed by atoms with Crippen molar-refractivity contribution in [2.24, 2.45) is 11.8 Å². The van der Waals surface area contributed by atoms with Crippen molar-refractivity contribution in [3.05, 3.63) is 23.2 Å². The van der Waals surface area contributed by atoms with Gasteiger partial charge in [-0.3, -0.25) is 4.79 Å². The first-order chi connectivity index (χ1) is 9.58. The number of amides is 1. The number of hydrogen-bond donors (Lipinski definition) is 1. The standard InChI is InChI=1S/C15H19N3OS/c1-9-5-7-18(8-10(9)2)15(19)13-12(16)11-4-3-6-17-14(11)20-13/h3-4,6,9-10H,5,7-8,16H2,1-2H3. The van der Waals surface area contributed by atoms with Crippen molar-refractivity contribution < 1.29 is 4.79 Å². The van der Waals surface area contributed by atoms with Crippen LogP contribution in [0.2, 0.25) is 0 Å². The Morgan fingerprint density at radius 1 is 1.45 bits per heavy atom. The van der Waals surface area contributed by atoms with Gasteiger partial charge in [0.2, 0.25) is 0 Å². The minimum absolute atomic E-state index is 0.0595. The van der Waals surface area contributed by atoms with E-state index in [0.29, 0.717) is 22.4 Å². The predicted octanol–water partition coefficient (Wildman–Crippen LogP) is 3.00. The summed E-state index contributed by atoms with van der Waals surface area (Å²) in [5.74, 6) is 1.28. The molecule has 1 aliphatic rings. The van der Waals surface area contributed by atoms with Gasteiger partial charge in [0, 0.05) is 24.7 Å². The molecule has 0 bridgehead atoms. The van der Waals surface area contributed by atoms with Crippen molar-refractivity contribution in [3.63, 3.8) is 0 Å². The lowest BCUT2D eigenvalue weighted by Crippen LogP contribution is -2.42. The highest BCUT2D eigenvalue weighted by atomic mass is 32.1. The molecular weight excluding hydrogens is 270 g/mol. The van der Waals surface area contributed by atoms with Crippen molar-refractivity contribution in [2.45, 2.75) is 20.3 Å². The predicted molar refractivity (Wildman–Crippen MR) is 82.9 cm³/mol. The van der Waals surface area contributed by atoms with Gasteiger partial charge in [-0.25, -0.2) is 4.98 Å². The van der Waals surface area contributed by atoms with Crippen LogP contribution in [-0.2, 0) is 0 Å². The fourth-order valence-corrected chi connectivity index (χ4v) is 3.73. The second-order valence-corrected chi connectivity index (χ2v) is 6.69. The highest BCUT2D eigenvalue weighted by Crippen LogP contribution is 2.34. The van der Waals surface area contributed by atoms with Gasteiger partial charge in [-0.1, -0.05) is 13.8 Å². The summed E-state index contributed by atoms with van der Waals surface area (Å²) in [5, 5.41) is 0.888. The molecule has 2 aromatic rings. The second-order valence-electron chi connectivity index (χ2n) is 5.70. The van der Waals surface area contributed by atoms with Crippen LogP contribution in [0.15, 0.2) is 18.3 Å². The zero-order valence-corrected chi connectivity index (χ0v) is 12.6. The van der Waals surface area contributed by atoms with Crippen molar-refractivity contribution in [1.82, 2.24) is 9.88 Å². The van der Waals surface area contributed by atoms with Crippen LogP contribution >= 0.6 is 11.3 Å². The molecule has 0 saturated carbocycles. The lowest BCUT2D eigenvalue weighted by atomic mass is 9.88. The van der Waals surface area contributed by atoms with E-state index in [2.05, 4.69) is 18.8 Å². The molecule has 20 heavy (non-hydrogen) atoms. The Hall–Kier alpha value is -1.62. The van der Waals surface area contributed by atoms with E-state index in [-0.39, 0.29) is 5.91 Å². The molecule has 0 aliphatic carbocycles. The first-order valence-corrected chi connectivity index (χ1v) is 7.82. The monoisotopic (exact) mass is 289 g/mol. The van der Waals surface area contributed by atoms with Crippen LogP contribution in [-0.4, -0.2) is 28.9 Å². The molecule has 2 atom stereocenters. The zero-order chi connectivity index (χ0) is 14.3. The lowest BCUT2D eigenvalue weighted by molar-refractivity contribution is 0.0633. The summed E-state index contributed by atoms with van der Waals surface area (Å²) in [6, 6.07) is 3.77. The number of nitrogens with zero attached hydrogens (tertiary/aromatic N) is 2. The summed E-state index contributed by atoms with van der Waals surface area (Å²) < 4.78 is 0. The SMILES string of the molecule is CC1CCN(C(=O)c2sc3ncccc3c2N)CC1C. The Kier molecular flexibility index (Phi) is 3.38. The molecule has 2 N–H and O–H groups in total. The van der Waals surface area contributed by atoms with E-state index in [0.717, 1.165) is 29.7 Å². The average Bonchev–Trinajstić information content (AvgIpc) is 2.79. The number of nitrogens with two attached hydrogens (primary N) is 1. The molecule has 3 heterocycles. The van der Waals surface area contributed by atoms with E-state index in [1.165, 1.54) is 11.3 Å². The number of likely N-dealkylation sites (tertiary alicyclic amines) is 1. The van der Waals surface area contributed by atoms with E-state index in [4.69, 9.17) is 5.73 Å². The number of fused-ring (bicyclic) bond motifs is 1. The number of hydrogen-bond acceptors (Lipinski definition) is 4. The number of carbonyl (C=O) groups excluding carboxylic acids is 1. The molecular formula is C15H19N3OS. The molecule has 1 fully saturated rings. The highest BCUT2D eigenvalue weighted by molar-refractivity contribution is 7.21. The number of carbonyl (C=O) groups is 1. The van der Waals surface area contributed by atoms with Crippen molar-refractivity contribution >= 4 is 33.1 Å². The number of aromatic nitrogens is 1. The van der Waals surface area contributed by atoms with Crippen molar-refractivity contribution in [2.75, 3.05) is 18.8 Å². The van der Waals surface area contributed by atoms with Crippen LogP contribution in [0.25, 0.3) is 10.2 Å². The smallest absolute Gasteiger partial charge is 0.266 e. The topological polar surface area (TPSA) is 59.2 Å². The van der Waals surface area contributed by atoms with Crippen LogP contribution < -0.4 is 5.73 Å². The van der Waals surface area contributed by atoms with Gasteiger partial charge in [-0.05, 0) is 30.4 Å². The Bertz CT molecular complexity index is 652. The Morgan fingerprint density at radius 3 is 2.95 bits per heavy atom. The van der Waals surface area contributed by atoms with E-state index in [9.17, 15) is 4.79 Å². The molecule has 1 aliphatic heterocycles. The van der Waals surface area contributed by atoms with Crippen LogP contribution in [0, 0.1) is 11.8 Å². The molecule has 4 nitrogen and oxygen atoms in total. The third-order valence-electron chi connectivity index (χ3n) is 4.32. The molecule has 5 heteroatoms. The molecule has 0 radical (unpaired) electrons. The maximum Gasteiger partial charge on any atom is 0.266 e. The molecule has 1 amide bonds. The van der Waals surface area contributed by atoms with Crippen LogP contribution in [0.5, 0.6) is 0 Å². The summed E-state index contributed by atoms with van der Waals surface area (Å²) in [5.41, 5.74) is 6.71. The van der Waals surface area contributed by atoms with Crippen LogP contribution in [0.3, 0.4) is 0 Å². The average molecular weight is 289 g/mol. The number of nitrogen functional groups attached to an aromatic ring is 1. The third kappa shape index (κ3) is 2.16. The third-order valence-corrected chi connectivity index (χ3v) is 5.44. The quantitative estimate of drug-likeness (QED) is 0.878. The maximum absolute atomic E-state index is 12.7. The second kappa shape index (κ2) is 5.05. The highest BCUT2D eigenvalue weighted by Gasteiger charge is 2.28. The molecule has 2 aromatic heterocycles. The van der Waals surface area contributed by atoms with Crippen molar-refractivity contribution in [3.8, 4) is 0 Å². The van der Waals surface area contributed by atoms with Gasteiger partial charge in [0.25, 0.3) is 5.91 Å². The van der Waals surface area contributed by atoms with Gasteiger partial charge in [0.1, 0.15) is 9.71 Å². The number of piperidine rings is 1. The maximum atomic E-state index is 12.7. The van der Waals surface area contributed by atoms with E-state index < -0.39 is 0 Å². The largest absolute Gasteiger partial charge is 0.397 e. The van der Waals surface area contributed by atoms with Gasteiger partial charge in [0.05, 0.1) is 5.69 Å². The molecule has 0 spiro atoms. The van der Waals surface area contributed by atoms with E-state index in [1.54, 1.807) is 6.20 Å². The summed E-state index contributed by atoms with van der Waals surface area (Å²) >= 11 is 1.40. The summed E-state index contributed by atoms with van der Waals surface area (Å²) in [6.45, 7) is 6.11.